The van der Waals surface area contributed by atoms with Crippen LogP contribution in [0.1, 0.15) is 17.5 Å². The van der Waals surface area contributed by atoms with E-state index in [9.17, 15) is 0 Å². The summed E-state index contributed by atoms with van der Waals surface area (Å²) >= 11 is 0. The van der Waals surface area contributed by atoms with Gasteiger partial charge in [-0.15, -0.1) is 0 Å². The first kappa shape index (κ1) is 11.0. The van der Waals surface area contributed by atoms with Gasteiger partial charge >= 0.3 is 0 Å². The van der Waals surface area contributed by atoms with Crippen LogP contribution in [0.3, 0.4) is 0 Å². The highest BCUT2D eigenvalue weighted by molar-refractivity contribution is 6.33. The summed E-state index contributed by atoms with van der Waals surface area (Å²) in [5, 5.41) is 8.54. The predicted octanol–water partition coefficient (Wildman–Crippen LogP) is 6.09. The van der Waals surface area contributed by atoms with E-state index in [0.717, 1.165) is 12.8 Å². The minimum atomic E-state index is 1.16. The van der Waals surface area contributed by atoms with Crippen LogP contribution in [0.15, 0.2) is 54.6 Å². The van der Waals surface area contributed by atoms with Crippen molar-refractivity contribution in [3.63, 3.8) is 0 Å². The largest absolute Gasteiger partial charge is 0.0836 e. The molecule has 0 N–H and O–H groups in total. The maximum absolute atomic E-state index is 2.38. The van der Waals surface area contributed by atoms with E-state index in [1.165, 1.54) is 49.0 Å². The summed E-state index contributed by atoms with van der Waals surface area (Å²) in [6, 6.07) is 18.3. The van der Waals surface area contributed by atoms with E-state index in [0.29, 0.717) is 0 Å². The molecule has 6 rings (SSSR count). The molecule has 0 heteroatoms. The first-order chi connectivity index (χ1) is 10.9. The van der Waals surface area contributed by atoms with E-state index >= 15 is 0 Å². The lowest BCUT2D eigenvalue weighted by atomic mass is 9.87. The van der Waals surface area contributed by atoms with Gasteiger partial charge in [0.15, 0.2) is 0 Å². The fourth-order valence-electron chi connectivity index (χ4n) is 4.51. The molecule has 0 spiro atoms. The van der Waals surface area contributed by atoms with Gasteiger partial charge in [-0.05, 0) is 73.5 Å². The average Bonchev–Trinajstić information content (AvgIpc) is 2.93. The Labute approximate surface area is 128 Å². The van der Waals surface area contributed by atoms with Crippen LogP contribution < -0.4 is 0 Å². The van der Waals surface area contributed by atoms with Crippen molar-refractivity contribution < 1.29 is 0 Å². The molecule has 22 heavy (non-hydrogen) atoms. The molecule has 2 aliphatic carbocycles. The third-order valence-electron chi connectivity index (χ3n) is 5.40. The van der Waals surface area contributed by atoms with Crippen LogP contribution in [0.2, 0.25) is 0 Å². The SMILES string of the molecule is C1=Cc2cc3ccc4ccc5cccc6c5c4c3c-6c2CC1. The minimum Gasteiger partial charge on any atom is -0.0836 e. The van der Waals surface area contributed by atoms with Crippen LogP contribution in [-0.2, 0) is 6.42 Å². The van der Waals surface area contributed by atoms with E-state index in [1.807, 2.05) is 0 Å². The quantitative estimate of drug-likeness (QED) is 0.301. The molecule has 0 fully saturated rings. The lowest BCUT2D eigenvalue weighted by molar-refractivity contribution is 0.992. The molecule has 0 amide bonds. The van der Waals surface area contributed by atoms with Crippen LogP contribution in [-0.4, -0.2) is 0 Å². The first-order valence-corrected chi connectivity index (χ1v) is 8.03. The molecule has 4 aromatic rings. The van der Waals surface area contributed by atoms with Crippen molar-refractivity contribution in [2.45, 2.75) is 12.8 Å². The molecule has 0 atom stereocenters. The summed E-state index contributed by atoms with van der Waals surface area (Å²) in [7, 11) is 0. The monoisotopic (exact) mass is 278 g/mol. The Morgan fingerprint density at radius 2 is 1.55 bits per heavy atom. The van der Waals surface area contributed by atoms with Crippen LogP contribution in [0.25, 0.3) is 49.5 Å². The molecule has 4 aromatic carbocycles. The summed E-state index contributed by atoms with van der Waals surface area (Å²) in [6.45, 7) is 0. The Bertz CT molecular complexity index is 1160. The summed E-state index contributed by atoms with van der Waals surface area (Å²) in [5.74, 6) is 0. The number of fused-ring (bicyclic) bond motifs is 3. The normalized spacial score (nSPS) is 14.7. The second-order valence-electron chi connectivity index (χ2n) is 6.49. The van der Waals surface area contributed by atoms with Crippen molar-refractivity contribution >= 4 is 38.4 Å². The van der Waals surface area contributed by atoms with Gasteiger partial charge in [-0.1, -0.05) is 54.6 Å². The fourth-order valence-corrected chi connectivity index (χ4v) is 4.51. The lowest BCUT2D eigenvalue weighted by Crippen LogP contribution is -1.97. The zero-order chi connectivity index (χ0) is 14.3. The van der Waals surface area contributed by atoms with Crippen LogP contribution >= 0.6 is 0 Å². The number of rotatable bonds is 0. The molecule has 0 heterocycles. The van der Waals surface area contributed by atoms with Gasteiger partial charge in [-0.2, -0.15) is 0 Å². The first-order valence-electron chi connectivity index (χ1n) is 8.03. The zero-order valence-corrected chi connectivity index (χ0v) is 12.2. The van der Waals surface area contributed by atoms with Crippen LogP contribution in [0.5, 0.6) is 0 Å². The van der Waals surface area contributed by atoms with Crippen molar-refractivity contribution in [3.8, 4) is 11.1 Å². The molecular formula is C22H14. The lowest BCUT2D eigenvalue weighted by Gasteiger charge is -2.17. The summed E-state index contributed by atoms with van der Waals surface area (Å²) < 4.78 is 0. The molecule has 0 unspecified atom stereocenters. The average molecular weight is 278 g/mol. The molecule has 2 aliphatic rings. The van der Waals surface area contributed by atoms with E-state index in [4.69, 9.17) is 0 Å². The maximum Gasteiger partial charge on any atom is -0.00142 e. The van der Waals surface area contributed by atoms with Gasteiger partial charge in [0.2, 0.25) is 0 Å². The Morgan fingerprint density at radius 3 is 2.45 bits per heavy atom. The smallest absolute Gasteiger partial charge is 0.00142 e. The number of hydrogen-bond donors (Lipinski definition) is 0. The third-order valence-corrected chi connectivity index (χ3v) is 5.40. The number of allylic oxidation sites excluding steroid dienone is 1. The maximum atomic E-state index is 2.38. The molecule has 0 radical (unpaired) electrons. The standard InChI is InChI=1S/C22H14/c1-2-6-17-15(4-1)12-16-11-10-14-9-8-13-5-3-7-18-19(13)20(14)21(16)22(17)18/h1,3-5,7-12H,2,6H2. The van der Waals surface area contributed by atoms with E-state index in [-0.39, 0.29) is 0 Å². The van der Waals surface area contributed by atoms with Gasteiger partial charge in [0.05, 0.1) is 0 Å². The molecule has 0 nitrogen and oxygen atoms in total. The highest BCUT2D eigenvalue weighted by Gasteiger charge is 2.24. The highest BCUT2D eigenvalue weighted by Crippen LogP contribution is 2.50. The fraction of sp³-hybridized carbons (Fsp3) is 0.0909. The second kappa shape index (κ2) is 3.59. The summed E-state index contributed by atoms with van der Waals surface area (Å²) in [6.07, 6.45) is 6.94. The van der Waals surface area contributed by atoms with Gasteiger partial charge in [0.25, 0.3) is 0 Å². The van der Waals surface area contributed by atoms with Crippen molar-refractivity contribution in [3.05, 3.63) is 65.7 Å². The van der Waals surface area contributed by atoms with Crippen molar-refractivity contribution in [2.24, 2.45) is 0 Å². The molecule has 0 aliphatic heterocycles. The van der Waals surface area contributed by atoms with Crippen molar-refractivity contribution in [1.29, 1.82) is 0 Å². The van der Waals surface area contributed by atoms with E-state index in [2.05, 4.69) is 60.7 Å². The van der Waals surface area contributed by atoms with Crippen LogP contribution in [0.4, 0.5) is 0 Å². The number of benzene rings is 4. The third kappa shape index (κ3) is 1.13. The Morgan fingerprint density at radius 1 is 0.727 bits per heavy atom. The Hall–Kier alpha value is -2.60. The zero-order valence-electron chi connectivity index (χ0n) is 12.2. The predicted molar refractivity (Wildman–Crippen MR) is 95.3 cm³/mol. The molecule has 102 valence electrons. The van der Waals surface area contributed by atoms with Crippen molar-refractivity contribution in [1.82, 2.24) is 0 Å². The number of hydrogen-bond acceptors (Lipinski definition) is 0. The van der Waals surface area contributed by atoms with E-state index < -0.39 is 0 Å². The van der Waals surface area contributed by atoms with Gasteiger partial charge in [-0.25, -0.2) is 0 Å². The van der Waals surface area contributed by atoms with Gasteiger partial charge in [-0.3, -0.25) is 0 Å². The Balaban J connectivity index is 2.01. The summed E-state index contributed by atoms with van der Waals surface area (Å²) in [5.41, 5.74) is 5.92. The molecule has 0 aromatic heterocycles. The van der Waals surface area contributed by atoms with Gasteiger partial charge in [0.1, 0.15) is 0 Å². The molecular weight excluding hydrogens is 264 g/mol. The Kier molecular flexibility index (Phi) is 1.80. The summed E-state index contributed by atoms with van der Waals surface area (Å²) in [4.78, 5) is 0. The van der Waals surface area contributed by atoms with Crippen molar-refractivity contribution in [2.75, 3.05) is 0 Å². The highest BCUT2D eigenvalue weighted by atomic mass is 14.3. The van der Waals surface area contributed by atoms with Gasteiger partial charge < -0.3 is 0 Å². The second-order valence-corrected chi connectivity index (χ2v) is 6.49. The topological polar surface area (TPSA) is 0 Å². The molecule has 0 bridgehead atoms. The van der Waals surface area contributed by atoms with E-state index in [1.54, 1.807) is 5.56 Å². The minimum absolute atomic E-state index is 1.16. The molecule has 0 saturated carbocycles. The van der Waals surface area contributed by atoms with Gasteiger partial charge in [0, 0.05) is 0 Å². The van der Waals surface area contributed by atoms with Crippen LogP contribution in [0, 0.1) is 0 Å². The molecule has 0 saturated heterocycles.